The molecule has 1 heterocycles. The van der Waals surface area contributed by atoms with Crippen LogP contribution >= 0.6 is 0 Å². The largest absolute Gasteiger partial charge is 0.480 e. The first-order valence-corrected chi connectivity index (χ1v) is 5.91. The number of carbonyl (C=O) groups excluding carboxylic acids is 2. The van der Waals surface area contributed by atoms with Crippen LogP contribution in [0.5, 0.6) is 0 Å². The average Bonchev–Trinajstić information content (AvgIpc) is 2.83. The number of nitrogens with two attached hydrogens (primary N) is 1. The number of ether oxygens (including phenoxy) is 1. The lowest BCUT2D eigenvalue weighted by Crippen LogP contribution is -2.43. The van der Waals surface area contributed by atoms with E-state index in [2.05, 4.69) is 5.32 Å². The van der Waals surface area contributed by atoms with E-state index in [0.29, 0.717) is 13.2 Å². The summed E-state index contributed by atoms with van der Waals surface area (Å²) in [6.45, 7) is 0.873. The number of hydrogen-bond donors (Lipinski definition) is 3. The zero-order valence-electron chi connectivity index (χ0n) is 11.0. The van der Waals surface area contributed by atoms with Crippen LogP contribution in [0.2, 0.25) is 0 Å². The molecule has 0 aliphatic heterocycles. The van der Waals surface area contributed by atoms with Crippen LogP contribution in [0.15, 0.2) is 18.3 Å². The lowest BCUT2D eigenvalue weighted by molar-refractivity contribution is -0.140. The van der Waals surface area contributed by atoms with Gasteiger partial charge < -0.3 is 25.5 Å². The fraction of sp³-hybridized carbons (Fsp3) is 0.417. The normalized spacial score (nSPS) is 11.8. The summed E-state index contributed by atoms with van der Waals surface area (Å²) in [5, 5.41) is 11.2. The van der Waals surface area contributed by atoms with Crippen molar-refractivity contribution in [3.8, 4) is 0 Å². The quantitative estimate of drug-likeness (QED) is 0.576. The molecule has 1 rings (SSSR count). The van der Waals surface area contributed by atoms with Crippen molar-refractivity contribution < 1.29 is 24.2 Å². The molecule has 1 aromatic heterocycles. The number of aliphatic carboxylic acids is 1. The van der Waals surface area contributed by atoms with E-state index in [-0.39, 0.29) is 5.69 Å². The van der Waals surface area contributed by atoms with Gasteiger partial charge in [-0.25, -0.2) is 4.79 Å². The summed E-state index contributed by atoms with van der Waals surface area (Å²) in [7, 11) is 1.54. The van der Waals surface area contributed by atoms with Gasteiger partial charge in [0.15, 0.2) is 0 Å². The van der Waals surface area contributed by atoms with E-state index in [1.165, 1.54) is 7.11 Å². The average molecular weight is 283 g/mol. The summed E-state index contributed by atoms with van der Waals surface area (Å²) in [6, 6.07) is 1.87. The highest BCUT2D eigenvalue weighted by Gasteiger charge is 2.23. The maximum atomic E-state index is 12.0. The number of nitrogens with one attached hydrogen (secondary N) is 1. The lowest BCUT2D eigenvalue weighted by Gasteiger charge is -2.14. The van der Waals surface area contributed by atoms with E-state index < -0.39 is 30.2 Å². The van der Waals surface area contributed by atoms with Gasteiger partial charge in [-0.3, -0.25) is 9.59 Å². The van der Waals surface area contributed by atoms with Crippen molar-refractivity contribution >= 4 is 17.8 Å². The molecule has 0 aliphatic carbocycles. The fourth-order valence-corrected chi connectivity index (χ4v) is 1.64. The Labute approximate surface area is 115 Å². The number of aromatic nitrogens is 1. The first-order chi connectivity index (χ1) is 9.45. The minimum atomic E-state index is -1.34. The predicted molar refractivity (Wildman–Crippen MR) is 69.0 cm³/mol. The molecule has 0 fully saturated rings. The molecule has 1 atom stereocenters. The van der Waals surface area contributed by atoms with Crippen LogP contribution in [0.25, 0.3) is 0 Å². The number of carbonyl (C=O) groups is 3. The van der Waals surface area contributed by atoms with Gasteiger partial charge in [0.05, 0.1) is 13.0 Å². The third kappa shape index (κ3) is 4.39. The highest BCUT2D eigenvalue weighted by atomic mass is 16.5. The van der Waals surface area contributed by atoms with Gasteiger partial charge in [0.25, 0.3) is 5.91 Å². The molecule has 1 aromatic rings. The summed E-state index contributed by atoms with van der Waals surface area (Å²) in [4.78, 5) is 33.7. The van der Waals surface area contributed by atoms with Crippen LogP contribution in [-0.2, 0) is 20.9 Å². The van der Waals surface area contributed by atoms with Crippen molar-refractivity contribution in [2.45, 2.75) is 19.0 Å². The SMILES string of the molecule is COCCn1cccc1C(=O)N[C@H](CC(N)=O)C(=O)O. The number of amides is 2. The second-order valence-corrected chi connectivity index (χ2v) is 4.11. The summed E-state index contributed by atoms with van der Waals surface area (Å²) >= 11 is 0. The molecular weight excluding hydrogens is 266 g/mol. The van der Waals surface area contributed by atoms with Crippen LogP contribution in [0, 0.1) is 0 Å². The Kier molecular flexibility index (Phi) is 5.73. The summed E-state index contributed by atoms with van der Waals surface area (Å²) in [5.74, 6) is -2.70. The number of primary amides is 1. The van der Waals surface area contributed by atoms with Gasteiger partial charge in [0, 0.05) is 19.9 Å². The highest BCUT2D eigenvalue weighted by Crippen LogP contribution is 2.04. The number of hydrogen-bond acceptors (Lipinski definition) is 4. The Morgan fingerprint density at radius 2 is 2.20 bits per heavy atom. The molecule has 0 radical (unpaired) electrons. The first-order valence-electron chi connectivity index (χ1n) is 5.91. The third-order valence-corrected chi connectivity index (χ3v) is 2.61. The summed E-state index contributed by atoms with van der Waals surface area (Å²) in [5.41, 5.74) is 5.24. The first kappa shape index (κ1) is 15.7. The second-order valence-electron chi connectivity index (χ2n) is 4.11. The van der Waals surface area contributed by atoms with Crippen molar-refractivity contribution in [2.24, 2.45) is 5.73 Å². The van der Waals surface area contributed by atoms with E-state index in [9.17, 15) is 14.4 Å². The molecule has 0 aliphatic rings. The topological polar surface area (TPSA) is 124 Å². The van der Waals surface area contributed by atoms with Crippen LogP contribution in [0.1, 0.15) is 16.9 Å². The van der Waals surface area contributed by atoms with Crippen molar-refractivity contribution in [2.75, 3.05) is 13.7 Å². The maximum Gasteiger partial charge on any atom is 0.326 e. The highest BCUT2D eigenvalue weighted by molar-refractivity contribution is 5.96. The number of carboxylic acid groups (broad SMARTS) is 1. The molecule has 0 spiro atoms. The molecule has 4 N–H and O–H groups in total. The van der Waals surface area contributed by atoms with Crippen LogP contribution < -0.4 is 11.1 Å². The minimum Gasteiger partial charge on any atom is -0.480 e. The molecule has 8 heteroatoms. The van der Waals surface area contributed by atoms with Crippen LogP contribution in [0.3, 0.4) is 0 Å². The molecule has 2 amide bonds. The molecule has 20 heavy (non-hydrogen) atoms. The molecule has 8 nitrogen and oxygen atoms in total. The van der Waals surface area contributed by atoms with Crippen molar-refractivity contribution in [3.63, 3.8) is 0 Å². The molecule has 0 saturated heterocycles. The summed E-state index contributed by atoms with van der Waals surface area (Å²) < 4.78 is 6.54. The van der Waals surface area contributed by atoms with Gasteiger partial charge in [0.1, 0.15) is 11.7 Å². The number of rotatable bonds is 8. The zero-order chi connectivity index (χ0) is 15.1. The smallest absolute Gasteiger partial charge is 0.326 e. The number of carboxylic acids is 1. The minimum absolute atomic E-state index is 0.290. The number of nitrogens with zero attached hydrogens (tertiary/aromatic N) is 1. The van der Waals surface area contributed by atoms with Crippen molar-refractivity contribution in [1.82, 2.24) is 9.88 Å². The fourth-order valence-electron chi connectivity index (χ4n) is 1.64. The molecule has 110 valence electrons. The van der Waals surface area contributed by atoms with Gasteiger partial charge in [-0.15, -0.1) is 0 Å². The Bertz CT molecular complexity index is 497. The predicted octanol–water partition coefficient (Wildman–Crippen LogP) is -0.807. The maximum absolute atomic E-state index is 12.0. The van der Waals surface area contributed by atoms with Gasteiger partial charge in [0.2, 0.25) is 5.91 Å². The molecular formula is C12H17N3O5. The van der Waals surface area contributed by atoms with E-state index in [0.717, 1.165) is 0 Å². The molecule has 0 saturated carbocycles. The van der Waals surface area contributed by atoms with Gasteiger partial charge in [-0.05, 0) is 12.1 Å². The monoisotopic (exact) mass is 283 g/mol. The van der Waals surface area contributed by atoms with Crippen molar-refractivity contribution in [3.05, 3.63) is 24.0 Å². The Morgan fingerprint density at radius 1 is 1.50 bits per heavy atom. The molecule has 0 aromatic carbocycles. The molecule has 0 unspecified atom stereocenters. The van der Waals surface area contributed by atoms with Crippen LogP contribution in [-0.4, -0.2) is 47.2 Å². The standard InChI is InChI=1S/C12H17N3O5/c1-20-6-5-15-4-2-3-9(15)11(17)14-8(12(18)19)7-10(13)16/h2-4,8H,5-7H2,1H3,(H2,13,16)(H,14,17)(H,18,19)/t8-/m1/s1. The Hall–Kier alpha value is -2.35. The van der Waals surface area contributed by atoms with E-state index in [1.807, 2.05) is 0 Å². The van der Waals surface area contributed by atoms with E-state index in [4.69, 9.17) is 15.6 Å². The number of methoxy groups -OCH3 is 1. The summed E-state index contributed by atoms with van der Waals surface area (Å²) in [6.07, 6.45) is 1.22. The third-order valence-electron chi connectivity index (χ3n) is 2.61. The second kappa shape index (κ2) is 7.29. The lowest BCUT2D eigenvalue weighted by atomic mass is 10.2. The van der Waals surface area contributed by atoms with Gasteiger partial charge >= 0.3 is 5.97 Å². The van der Waals surface area contributed by atoms with E-state index in [1.54, 1.807) is 22.9 Å². The van der Waals surface area contributed by atoms with Gasteiger partial charge in [-0.2, -0.15) is 0 Å². The van der Waals surface area contributed by atoms with Gasteiger partial charge in [-0.1, -0.05) is 0 Å². The molecule has 0 bridgehead atoms. The van der Waals surface area contributed by atoms with Crippen LogP contribution in [0.4, 0.5) is 0 Å². The van der Waals surface area contributed by atoms with E-state index >= 15 is 0 Å². The Balaban J connectivity index is 2.76. The van der Waals surface area contributed by atoms with Crippen molar-refractivity contribution in [1.29, 1.82) is 0 Å². The zero-order valence-corrected chi connectivity index (χ0v) is 11.0. The Morgan fingerprint density at radius 3 is 2.75 bits per heavy atom.